The number of aromatic amines is 1. The fourth-order valence-electron chi connectivity index (χ4n) is 2.00. The van der Waals surface area contributed by atoms with Crippen LogP contribution < -0.4 is 11.2 Å². The summed E-state index contributed by atoms with van der Waals surface area (Å²) in [6, 6.07) is 3.44. The number of H-pyrrole nitrogens is 1. The van der Waals surface area contributed by atoms with E-state index in [1.165, 1.54) is 6.20 Å². The highest BCUT2D eigenvalue weighted by atomic mass is 16.5. The van der Waals surface area contributed by atoms with Gasteiger partial charge in [0, 0.05) is 22.8 Å². The van der Waals surface area contributed by atoms with Gasteiger partial charge in [-0.25, -0.2) is 4.79 Å². The number of carbonyl (C=O) groups excluding carboxylic acids is 1. The smallest absolute Gasteiger partial charge is 0.343 e. The standard InChI is InChI=1S/C14H16N2O3/c1-3-8-5-12-9(6-11(8)15)13(17)10(7-16-12)14(18)19-4-2/h5-7H,3-4,15H2,1-2H3,(H,16,17). The van der Waals surface area contributed by atoms with Gasteiger partial charge in [-0.15, -0.1) is 0 Å². The number of aryl methyl sites for hydroxylation is 1. The SMILES string of the molecule is CCOC(=O)c1c[nH]c2cc(CC)c(N)cc2c1=O. The van der Waals surface area contributed by atoms with Gasteiger partial charge in [0.1, 0.15) is 5.56 Å². The molecule has 5 heteroatoms. The third-order valence-electron chi connectivity index (χ3n) is 3.02. The number of ether oxygens (including phenoxy) is 1. The maximum atomic E-state index is 12.2. The Morgan fingerprint density at radius 3 is 2.74 bits per heavy atom. The van der Waals surface area contributed by atoms with Gasteiger partial charge in [0.25, 0.3) is 0 Å². The van der Waals surface area contributed by atoms with E-state index >= 15 is 0 Å². The van der Waals surface area contributed by atoms with Crippen molar-refractivity contribution >= 4 is 22.6 Å². The molecular weight excluding hydrogens is 244 g/mol. The predicted molar refractivity (Wildman–Crippen MR) is 74.3 cm³/mol. The van der Waals surface area contributed by atoms with Crippen molar-refractivity contribution in [3.63, 3.8) is 0 Å². The zero-order valence-corrected chi connectivity index (χ0v) is 10.9. The highest BCUT2D eigenvalue weighted by Crippen LogP contribution is 2.19. The molecule has 0 saturated heterocycles. The Balaban J connectivity index is 2.65. The van der Waals surface area contributed by atoms with Gasteiger partial charge in [-0.2, -0.15) is 0 Å². The second-order valence-corrected chi connectivity index (χ2v) is 4.20. The van der Waals surface area contributed by atoms with Gasteiger partial charge in [0.15, 0.2) is 0 Å². The Morgan fingerprint density at radius 2 is 2.11 bits per heavy atom. The molecule has 0 aliphatic rings. The molecule has 0 fully saturated rings. The van der Waals surface area contributed by atoms with Crippen LogP contribution >= 0.6 is 0 Å². The molecule has 0 bridgehead atoms. The molecule has 3 N–H and O–H groups in total. The molecule has 2 rings (SSSR count). The van der Waals surface area contributed by atoms with E-state index in [-0.39, 0.29) is 17.6 Å². The number of hydrogen-bond acceptors (Lipinski definition) is 4. The quantitative estimate of drug-likeness (QED) is 0.651. The summed E-state index contributed by atoms with van der Waals surface area (Å²) in [4.78, 5) is 26.8. The number of esters is 1. The van der Waals surface area contributed by atoms with Crippen LogP contribution in [0.2, 0.25) is 0 Å². The summed E-state index contributed by atoms with van der Waals surface area (Å²) in [5, 5.41) is 0.403. The van der Waals surface area contributed by atoms with Crippen LogP contribution in [0, 0.1) is 0 Å². The third-order valence-corrected chi connectivity index (χ3v) is 3.02. The summed E-state index contributed by atoms with van der Waals surface area (Å²) < 4.78 is 4.84. The van der Waals surface area contributed by atoms with Gasteiger partial charge in [0.2, 0.25) is 5.43 Å². The van der Waals surface area contributed by atoms with Crippen LogP contribution in [0.3, 0.4) is 0 Å². The van der Waals surface area contributed by atoms with Crippen LogP contribution in [0.4, 0.5) is 5.69 Å². The van der Waals surface area contributed by atoms with Crippen molar-refractivity contribution in [2.75, 3.05) is 12.3 Å². The van der Waals surface area contributed by atoms with Gasteiger partial charge in [0.05, 0.1) is 6.61 Å². The number of nitrogen functional groups attached to an aromatic ring is 1. The molecule has 0 spiro atoms. The number of nitrogens with one attached hydrogen (secondary N) is 1. The molecular formula is C14H16N2O3. The molecule has 0 aliphatic heterocycles. The van der Waals surface area contributed by atoms with Crippen molar-refractivity contribution in [1.29, 1.82) is 0 Å². The average molecular weight is 260 g/mol. The van der Waals surface area contributed by atoms with Crippen LogP contribution in [0.5, 0.6) is 0 Å². The zero-order valence-electron chi connectivity index (χ0n) is 10.9. The van der Waals surface area contributed by atoms with Gasteiger partial charge in [-0.05, 0) is 31.0 Å². The van der Waals surface area contributed by atoms with Crippen molar-refractivity contribution in [2.24, 2.45) is 0 Å². The molecule has 0 atom stereocenters. The number of nitrogens with two attached hydrogens (primary N) is 1. The first-order valence-electron chi connectivity index (χ1n) is 6.19. The zero-order chi connectivity index (χ0) is 14.0. The van der Waals surface area contributed by atoms with Crippen LogP contribution in [-0.4, -0.2) is 17.6 Å². The van der Waals surface area contributed by atoms with Gasteiger partial charge in [-0.3, -0.25) is 4.79 Å². The Bertz CT molecular complexity index is 689. The van der Waals surface area contributed by atoms with Gasteiger partial charge in [-0.1, -0.05) is 6.92 Å². The van der Waals surface area contributed by atoms with E-state index in [1.807, 2.05) is 13.0 Å². The summed E-state index contributed by atoms with van der Waals surface area (Å²) in [5.74, 6) is -0.621. The molecule has 1 aromatic heterocycles. The lowest BCUT2D eigenvalue weighted by molar-refractivity contribution is 0.0524. The van der Waals surface area contributed by atoms with Crippen molar-refractivity contribution < 1.29 is 9.53 Å². The number of benzene rings is 1. The molecule has 0 amide bonds. The lowest BCUT2D eigenvalue weighted by Gasteiger charge is -2.07. The first-order chi connectivity index (χ1) is 9.08. The van der Waals surface area contributed by atoms with Crippen molar-refractivity contribution in [3.05, 3.63) is 39.7 Å². The fourth-order valence-corrected chi connectivity index (χ4v) is 2.00. The Morgan fingerprint density at radius 1 is 1.37 bits per heavy atom. The fraction of sp³-hybridized carbons (Fsp3) is 0.286. The number of aromatic nitrogens is 1. The molecule has 100 valence electrons. The maximum absolute atomic E-state index is 12.2. The molecule has 1 aromatic carbocycles. The molecule has 1 heterocycles. The Labute approximate surface area is 110 Å². The minimum Gasteiger partial charge on any atom is -0.462 e. The Kier molecular flexibility index (Phi) is 3.55. The number of rotatable bonds is 3. The minimum atomic E-state index is -0.621. The van der Waals surface area contributed by atoms with Crippen molar-refractivity contribution in [3.8, 4) is 0 Å². The van der Waals surface area contributed by atoms with Gasteiger partial charge >= 0.3 is 5.97 Å². The molecule has 0 aliphatic carbocycles. The summed E-state index contributed by atoms with van der Waals surface area (Å²) in [7, 11) is 0. The van der Waals surface area contributed by atoms with E-state index in [0.717, 1.165) is 12.0 Å². The number of pyridine rings is 1. The van der Waals surface area contributed by atoms with E-state index in [2.05, 4.69) is 4.98 Å². The van der Waals surface area contributed by atoms with Gasteiger partial charge < -0.3 is 15.5 Å². The summed E-state index contributed by atoms with van der Waals surface area (Å²) >= 11 is 0. The average Bonchev–Trinajstić information content (AvgIpc) is 2.39. The number of carbonyl (C=O) groups is 1. The van der Waals surface area contributed by atoms with E-state index < -0.39 is 5.97 Å². The molecule has 0 radical (unpaired) electrons. The highest BCUT2D eigenvalue weighted by Gasteiger charge is 2.14. The molecule has 0 saturated carbocycles. The first-order valence-corrected chi connectivity index (χ1v) is 6.19. The minimum absolute atomic E-state index is 0.00185. The van der Waals surface area contributed by atoms with Crippen molar-refractivity contribution in [1.82, 2.24) is 4.98 Å². The molecule has 2 aromatic rings. The number of fused-ring (bicyclic) bond motifs is 1. The van der Waals surface area contributed by atoms with Crippen LogP contribution in [0.25, 0.3) is 10.9 Å². The maximum Gasteiger partial charge on any atom is 0.343 e. The topological polar surface area (TPSA) is 85.2 Å². The number of anilines is 1. The van der Waals surface area contributed by atoms with Crippen LogP contribution in [-0.2, 0) is 11.2 Å². The monoisotopic (exact) mass is 260 g/mol. The molecule has 19 heavy (non-hydrogen) atoms. The summed E-state index contributed by atoms with van der Waals surface area (Å²) in [6.45, 7) is 3.91. The lowest BCUT2D eigenvalue weighted by Crippen LogP contribution is -2.18. The third kappa shape index (κ3) is 2.31. The van der Waals surface area contributed by atoms with E-state index in [4.69, 9.17) is 10.5 Å². The molecule has 0 unspecified atom stereocenters. The van der Waals surface area contributed by atoms with Crippen molar-refractivity contribution in [2.45, 2.75) is 20.3 Å². The highest BCUT2D eigenvalue weighted by molar-refractivity contribution is 5.94. The first kappa shape index (κ1) is 13.1. The Hall–Kier alpha value is -2.30. The lowest BCUT2D eigenvalue weighted by atomic mass is 10.1. The van der Waals surface area contributed by atoms with Crippen LogP contribution in [0.15, 0.2) is 23.1 Å². The second-order valence-electron chi connectivity index (χ2n) is 4.20. The second kappa shape index (κ2) is 5.14. The summed E-state index contributed by atoms with van der Waals surface area (Å²) in [6.07, 6.45) is 2.17. The van der Waals surface area contributed by atoms with E-state index in [1.54, 1.807) is 13.0 Å². The normalized spacial score (nSPS) is 10.6. The predicted octanol–water partition coefficient (Wildman–Crippen LogP) is 1.85. The van der Waals surface area contributed by atoms with E-state index in [0.29, 0.717) is 16.6 Å². The largest absolute Gasteiger partial charge is 0.462 e. The van der Waals surface area contributed by atoms with Crippen LogP contribution in [0.1, 0.15) is 29.8 Å². The summed E-state index contributed by atoms with van der Waals surface area (Å²) in [5.41, 5.74) is 7.71. The molecule has 5 nitrogen and oxygen atoms in total. The van der Waals surface area contributed by atoms with E-state index in [9.17, 15) is 9.59 Å². The number of hydrogen-bond donors (Lipinski definition) is 2.